The van der Waals surface area contributed by atoms with Crippen LogP contribution in [0.5, 0.6) is 0 Å². The van der Waals surface area contributed by atoms with Crippen molar-refractivity contribution in [2.75, 3.05) is 10.0 Å². The van der Waals surface area contributed by atoms with Crippen LogP contribution in [0.15, 0.2) is 47.4 Å². The predicted molar refractivity (Wildman–Crippen MR) is 115 cm³/mol. The number of amides is 1. The van der Waals surface area contributed by atoms with Crippen molar-refractivity contribution < 1.29 is 13.2 Å². The van der Waals surface area contributed by atoms with E-state index in [1.807, 2.05) is 26.8 Å². The summed E-state index contributed by atoms with van der Waals surface area (Å²) < 4.78 is 27.9. The van der Waals surface area contributed by atoms with Crippen LogP contribution >= 0.6 is 11.3 Å². The van der Waals surface area contributed by atoms with Crippen molar-refractivity contribution >= 4 is 38.1 Å². The molecule has 0 saturated heterocycles. The summed E-state index contributed by atoms with van der Waals surface area (Å²) in [5.41, 5.74) is 2.29. The van der Waals surface area contributed by atoms with Crippen molar-refractivity contribution in [2.45, 2.75) is 38.5 Å². The topological polar surface area (TPSA) is 101 Å². The number of carbonyl (C=O) groups is 1. The third-order valence-corrected chi connectivity index (χ3v) is 6.85. The van der Waals surface area contributed by atoms with Gasteiger partial charge in [-0.2, -0.15) is 0 Å². The van der Waals surface area contributed by atoms with E-state index in [1.54, 1.807) is 43.3 Å². The van der Waals surface area contributed by atoms with Crippen molar-refractivity contribution in [2.24, 2.45) is 0 Å². The molecule has 1 aromatic heterocycles. The number of hydrogen-bond acceptors (Lipinski definition) is 6. The van der Waals surface area contributed by atoms with Crippen LogP contribution in [0.4, 0.5) is 10.8 Å². The number of rotatable bonds is 6. The van der Waals surface area contributed by atoms with E-state index in [0.29, 0.717) is 21.9 Å². The fourth-order valence-corrected chi connectivity index (χ4v) is 4.71. The van der Waals surface area contributed by atoms with Crippen LogP contribution in [0.2, 0.25) is 0 Å². The molecule has 0 aliphatic carbocycles. The van der Waals surface area contributed by atoms with Crippen molar-refractivity contribution in [1.82, 2.24) is 10.2 Å². The van der Waals surface area contributed by atoms with Gasteiger partial charge in [-0.15, -0.1) is 10.2 Å². The second-order valence-corrected chi connectivity index (χ2v) is 9.67. The molecule has 0 bridgehead atoms. The first-order valence-corrected chi connectivity index (χ1v) is 11.3. The highest BCUT2D eigenvalue weighted by molar-refractivity contribution is 7.92. The van der Waals surface area contributed by atoms with Crippen LogP contribution in [0.1, 0.15) is 46.3 Å². The van der Waals surface area contributed by atoms with Crippen molar-refractivity contribution in [3.8, 4) is 0 Å². The smallest absolute Gasteiger partial charge is 0.262 e. The average Bonchev–Trinajstić information content (AvgIpc) is 3.12. The van der Waals surface area contributed by atoms with Gasteiger partial charge in [0.15, 0.2) is 0 Å². The third-order valence-electron chi connectivity index (χ3n) is 4.19. The van der Waals surface area contributed by atoms with Gasteiger partial charge >= 0.3 is 0 Å². The van der Waals surface area contributed by atoms with Gasteiger partial charge in [0.05, 0.1) is 4.90 Å². The van der Waals surface area contributed by atoms with E-state index in [2.05, 4.69) is 20.2 Å². The number of sulfonamides is 1. The average molecular weight is 431 g/mol. The van der Waals surface area contributed by atoms with E-state index in [9.17, 15) is 13.2 Å². The Morgan fingerprint density at radius 1 is 1.03 bits per heavy atom. The van der Waals surface area contributed by atoms with Gasteiger partial charge in [-0.05, 0) is 55.3 Å². The lowest BCUT2D eigenvalue weighted by Gasteiger charge is -2.11. The lowest BCUT2D eigenvalue weighted by molar-refractivity contribution is 0.102. The number of aryl methyl sites for hydroxylation is 2. The molecule has 9 heteroatoms. The van der Waals surface area contributed by atoms with E-state index in [4.69, 9.17) is 0 Å². The zero-order valence-corrected chi connectivity index (χ0v) is 18.2. The molecule has 3 aromatic rings. The molecule has 0 unspecified atom stereocenters. The van der Waals surface area contributed by atoms with Gasteiger partial charge in [-0.3, -0.25) is 14.8 Å². The monoisotopic (exact) mass is 430 g/mol. The van der Waals surface area contributed by atoms with Gasteiger partial charge in [0.25, 0.3) is 15.9 Å². The minimum Gasteiger partial charge on any atom is -0.296 e. The van der Waals surface area contributed by atoms with E-state index < -0.39 is 10.0 Å². The predicted octanol–water partition coefficient (Wildman–Crippen LogP) is 4.33. The van der Waals surface area contributed by atoms with Gasteiger partial charge in [0, 0.05) is 17.2 Å². The molecule has 29 heavy (non-hydrogen) atoms. The van der Waals surface area contributed by atoms with Crippen molar-refractivity contribution in [3.05, 3.63) is 64.2 Å². The first-order valence-electron chi connectivity index (χ1n) is 9.00. The number of benzene rings is 2. The molecule has 0 radical (unpaired) electrons. The molecule has 0 aliphatic heterocycles. The normalized spacial score (nSPS) is 11.5. The summed E-state index contributed by atoms with van der Waals surface area (Å²) in [6, 6.07) is 11.5. The van der Waals surface area contributed by atoms with Gasteiger partial charge in [-0.1, -0.05) is 37.3 Å². The summed E-state index contributed by atoms with van der Waals surface area (Å²) in [7, 11) is -3.72. The molecular weight excluding hydrogens is 408 g/mol. The summed E-state index contributed by atoms with van der Waals surface area (Å²) in [6.07, 6.45) is 0. The molecule has 0 atom stereocenters. The highest BCUT2D eigenvalue weighted by atomic mass is 32.2. The Bertz CT molecular complexity index is 1140. The minimum atomic E-state index is -3.72. The fraction of sp³-hybridized carbons (Fsp3) is 0.250. The van der Waals surface area contributed by atoms with E-state index in [0.717, 1.165) is 10.6 Å². The Morgan fingerprint density at radius 2 is 1.72 bits per heavy atom. The molecule has 2 N–H and O–H groups in total. The number of nitrogens with zero attached hydrogens (tertiary/aromatic N) is 2. The summed E-state index contributed by atoms with van der Waals surface area (Å²) in [5, 5.41) is 12.0. The van der Waals surface area contributed by atoms with Crippen LogP contribution in [0.3, 0.4) is 0 Å². The van der Waals surface area contributed by atoms with E-state index >= 15 is 0 Å². The van der Waals surface area contributed by atoms with Gasteiger partial charge in [0.2, 0.25) is 5.13 Å². The van der Waals surface area contributed by atoms with E-state index in [1.165, 1.54) is 11.3 Å². The zero-order chi connectivity index (χ0) is 21.2. The second kappa shape index (κ2) is 8.30. The highest BCUT2D eigenvalue weighted by Crippen LogP contribution is 2.24. The zero-order valence-electron chi connectivity index (χ0n) is 16.6. The summed E-state index contributed by atoms with van der Waals surface area (Å²) >= 11 is 1.33. The van der Waals surface area contributed by atoms with Crippen LogP contribution in [0, 0.1) is 13.8 Å². The molecule has 7 nitrogen and oxygen atoms in total. The summed E-state index contributed by atoms with van der Waals surface area (Å²) in [6.45, 7) is 7.60. The molecule has 0 spiro atoms. The maximum Gasteiger partial charge on any atom is 0.262 e. The van der Waals surface area contributed by atoms with Crippen LogP contribution < -0.4 is 10.0 Å². The number of hydrogen-bond donors (Lipinski definition) is 2. The lowest BCUT2D eigenvalue weighted by atomic mass is 10.2. The Morgan fingerprint density at radius 3 is 2.34 bits per heavy atom. The molecular formula is C20H22N4O3S2. The van der Waals surface area contributed by atoms with Crippen LogP contribution in [-0.4, -0.2) is 24.5 Å². The molecule has 152 valence electrons. The first-order chi connectivity index (χ1) is 13.7. The second-order valence-electron chi connectivity index (χ2n) is 7.01. The molecule has 3 rings (SSSR count). The quantitative estimate of drug-likeness (QED) is 0.606. The minimum absolute atomic E-state index is 0.233. The van der Waals surface area contributed by atoms with Crippen LogP contribution in [-0.2, 0) is 10.0 Å². The summed E-state index contributed by atoms with van der Waals surface area (Å²) in [4.78, 5) is 12.6. The van der Waals surface area contributed by atoms with Gasteiger partial charge in [-0.25, -0.2) is 8.42 Å². The van der Waals surface area contributed by atoms with Crippen molar-refractivity contribution in [1.29, 1.82) is 0 Å². The molecule has 0 aliphatic rings. The number of aromatic nitrogens is 2. The molecule has 0 fully saturated rings. The third kappa shape index (κ3) is 4.99. The molecule has 1 heterocycles. The highest BCUT2D eigenvalue weighted by Gasteiger charge is 2.18. The maximum absolute atomic E-state index is 12.7. The van der Waals surface area contributed by atoms with E-state index in [-0.39, 0.29) is 16.7 Å². The Hall–Kier alpha value is -2.78. The fourth-order valence-electron chi connectivity index (χ4n) is 2.58. The standard InChI is InChI=1S/C20H22N4O3S2/c1-12(2)19-22-23-20(28-19)21-18(25)15-7-9-16(10-8-15)24-29(26,27)17-11-13(3)5-6-14(17)4/h5-12,24H,1-4H3,(H,21,23,25). The summed E-state index contributed by atoms with van der Waals surface area (Å²) in [5.74, 6) is -0.0945. The largest absolute Gasteiger partial charge is 0.296 e. The lowest BCUT2D eigenvalue weighted by Crippen LogP contribution is -2.15. The number of carbonyl (C=O) groups excluding carboxylic acids is 1. The van der Waals surface area contributed by atoms with Gasteiger partial charge in [0.1, 0.15) is 5.01 Å². The SMILES string of the molecule is Cc1ccc(C)c(S(=O)(=O)Nc2ccc(C(=O)Nc3nnc(C(C)C)s3)cc2)c1. The molecule has 1 amide bonds. The molecule has 2 aromatic carbocycles. The Kier molecular flexibility index (Phi) is 5.99. The van der Waals surface area contributed by atoms with Crippen molar-refractivity contribution in [3.63, 3.8) is 0 Å². The maximum atomic E-state index is 12.7. The molecule has 0 saturated carbocycles. The first kappa shape index (κ1) is 20.9. The number of nitrogens with one attached hydrogen (secondary N) is 2. The van der Waals surface area contributed by atoms with Crippen LogP contribution in [0.25, 0.3) is 0 Å². The number of anilines is 2. The Balaban J connectivity index is 1.72. The Labute approximate surface area is 174 Å². The van der Waals surface area contributed by atoms with Gasteiger partial charge < -0.3 is 0 Å².